The van der Waals surface area contributed by atoms with E-state index in [0.717, 1.165) is 6.42 Å². The van der Waals surface area contributed by atoms with E-state index in [1.807, 2.05) is 0 Å². The van der Waals surface area contributed by atoms with Gasteiger partial charge in [-0.05, 0) is 0 Å². The fourth-order valence-corrected chi connectivity index (χ4v) is 28.8. The molecule has 2 aliphatic rings. The minimum absolute atomic E-state index is 0. The van der Waals surface area contributed by atoms with E-state index in [-0.39, 0.29) is 30.2 Å². The Morgan fingerprint density at radius 2 is 1.16 bits per heavy atom. The summed E-state index contributed by atoms with van der Waals surface area (Å²) in [6.07, 6.45) is 7.54. The number of halogens is 2. The Labute approximate surface area is 312 Å². The van der Waals surface area contributed by atoms with E-state index in [0.29, 0.717) is 19.1 Å². The first-order valence-corrected chi connectivity index (χ1v) is 31.8. The molecule has 4 aromatic rings. The van der Waals surface area contributed by atoms with Crippen LogP contribution < -0.4 is 0 Å². The van der Waals surface area contributed by atoms with Crippen LogP contribution in [-0.4, -0.2) is 6.88 Å². The van der Waals surface area contributed by atoms with Gasteiger partial charge in [0.25, 0.3) is 0 Å². The zero-order valence-electron chi connectivity index (χ0n) is 31.5. The van der Waals surface area contributed by atoms with Crippen LogP contribution in [0.2, 0.25) is 9.26 Å². The van der Waals surface area contributed by atoms with Crippen LogP contribution in [0.25, 0.3) is 34.4 Å². The van der Waals surface area contributed by atoms with Gasteiger partial charge in [0.1, 0.15) is 0 Å². The third kappa shape index (κ3) is 7.11. The molecule has 4 heteroatoms. The predicted octanol–water partition coefficient (Wildman–Crippen LogP) is 13.7. The molecule has 6 rings (SSSR count). The van der Waals surface area contributed by atoms with E-state index in [9.17, 15) is 0 Å². The summed E-state index contributed by atoms with van der Waals surface area (Å²) < 4.78 is 6.65. The molecule has 0 nitrogen and oxygen atoms in total. The van der Waals surface area contributed by atoms with Crippen molar-refractivity contribution >= 4 is 43.8 Å². The van der Waals surface area contributed by atoms with Gasteiger partial charge in [-0.2, -0.15) is 0 Å². The molecule has 0 radical (unpaired) electrons. The first kappa shape index (κ1) is 39.8. The first-order chi connectivity index (χ1) is 22.1. The Kier molecular flexibility index (Phi) is 11.8. The summed E-state index contributed by atoms with van der Waals surface area (Å²) in [4.78, 5) is 0. The van der Waals surface area contributed by atoms with Crippen molar-refractivity contribution in [3.05, 3.63) is 129 Å². The first-order valence-electron chi connectivity index (χ1n) is 18.1. The normalized spacial score (nSPS) is 17.8. The summed E-state index contributed by atoms with van der Waals surface area (Å²) >= 11 is -3.71. The topological polar surface area (TPSA) is 0 Å². The molecule has 260 valence electrons. The van der Waals surface area contributed by atoms with Crippen molar-refractivity contribution in [3.8, 4) is 22.3 Å². The Hall–Kier alpha value is -1.96. The second kappa shape index (κ2) is 14.6. The maximum Gasteiger partial charge on any atom is -0.147 e. The van der Waals surface area contributed by atoms with E-state index in [2.05, 4.69) is 169 Å². The van der Waals surface area contributed by atoms with E-state index in [1.165, 1.54) is 50.9 Å². The minimum atomic E-state index is -3.71. The Morgan fingerprint density at radius 1 is 0.673 bits per heavy atom. The van der Waals surface area contributed by atoms with Gasteiger partial charge in [0.15, 0.2) is 0 Å². The smallest absolute Gasteiger partial charge is 0.147 e. The van der Waals surface area contributed by atoms with Crippen LogP contribution in [-0.2, 0) is 22.8 Å². The predicted molar refractivity (Wildman–Crippen MR) is 222 cm³/mol. The molecule has 0 bridgehead atoms. The third-order valence-corrected chi connectivity index (χ3v) is 29.1. The minimum Gasteiger partial charge on any atom is -0.147 e. The van der Waals surface area contributed by atoms with Gasteiger partial charge in [-0.3, -0.25) is 0 Å². The molecule has 0 heterocycles. The number of hydrogen-bond donors (Lipinski definition) is 0. The summed E-state index contributed by atoms with van der Waals surface area (Å²) in [5, 5.41) is 0. The summed E-state index contributed by atoms with van der Waals surface area (Å²) in [6.45, 7) is 21.2. The van der Waals surface area contributed by atoms with E-state index in [4.69, 9.17) is 0 Å². The molecule has 0 fully saturated rings. The van der Waals surface area contributed by atoms with Crippen molar-refractivity contribution in [1.82, 2.24) is 0 Å². The average molecular weight is 789 g/mol. The SMILES string of the molecule is CCC1=Cc2c(-c3ccc(C(C)(C)C)cc3)cccc2[CH]1[Zr]([CH3])([CH3])(=[SiH2])[CH]1C(C(C)CC)=Cc2c(-c3ccc(C(C)C)cc3)cccc21.Cl.Cl. The molecule has 0 aliphatic heterocycles. The van der Waals surface area contributed by atoms with Crippen LogP contribution >= 0.6 is 24.8 Å². The van der Waals surface area contributed by atoms with E-state index >= 15 is 0 Å². The molecule has 0 N–H and O–H groups in total. The van der Waals surface area contributed by atoms with E-state index in [1.54, 1.807) is 22.3 Å². The van der Waals surface area contributed by atoms with Crippen molar-refractivity contribution in [1.29, 1.82) is 0 Å². The van der Waals surface area contributed by atoms with Gasteiger partial charge in [0.2, 0.25) is 0 Å². The van der Waals surface area contributed by atoms with E-state index < -0.39 is 17.4 Å². The van der Waals surface area contributed by atoms with Gasteiger partial charge in [-0.25, -0.2) is 0 Å². The van der Waals surface area contributed by atoms with Gasteiger partial charge < -0.3 is 0 Å². The molecule has 49 heavy (non-hydrogen) atoms. The summed E-state index contributed by atoms with van der Waals surface area (Å²) in [5.74, 6) is 1.10. The van der Waals surface area contributed by atoms with Crippen LogP contribution in [0.5, 0.6) is 0 Å². The monoisotopic (exact) mass is 786 g/mol. The average Bonchev–Trinajstić information content (AvgIpc) is 3.64. The molecule has 4 aromatic carbocycles. The van der Waals surface area contributed by atoms with Crippen LogP contribution in [0.4, 0.5) is 0 Å². The molecule has 0 amide bonds. The molecule has 0 spiro atoms. The third-order valence-electron chi connectivity index (χ3n) is 11.7. The molecule has 3 unspecified atom stereocenters. The van der Waals surface area contributed by atoms with Crippen molar-refractivity contribution in [3.63, 3.8) is 0 Å². The standard InChI is InChI=1S/C22H25.C21H23.2CH3.2ClH.H2Si.Zr/c1-5-16(4)20-13-19-7-6-8-21(22(19)14-20)18-11-9-17(10-12-18)15(2)3;1-5-15-13-17-7-6-8-19(20(17)14-15)16-9-11-18(12-10-16)21(2,3)4;;;;;;/h6-16H,5H2,1-4H3;6-14H,5H2,1-4H3;2*1H3;2*1H;1H2;. The number of rotatable bonds is 8. The molecule has 2 aliphatic carbocycles. The zero-order valence-corrected chi connectivity index (χ0v) is 37.0. The van der Waals surface area contributed by atoms with Gasteiger partial charge in [0, 0.05) is 0 Å². The van der Waals surface area contributed by atoms with Gasteiger partial charge in [-0.1, -0.05) is 0 Å². The van der Waals surface area contributed by atoms with Crippen LogP contribution in [0.15, 0.2) is 96.1 Å². The van der Waals surface area contributed by atoms with Crippen LogP contribution in [0.1, 0.15) is 115 Å². The Bertz CT molecular complexity index is 1950. The number of allylic oxidation sites excluding steroid dienone is 2. The van der Waals surface area contributed by atoms with Crippen LogP contribution in [0.3, 0.4) is 0 Å². The molecular formula is C45H58Cl2SiZr. The zero-order chi connectivity index (χ0) is 33.9. The second-order valence-corrected chi connectivity index (χ2v) is 47.5. The van der Waals surface area contributed by atoms with Crippen molar-refractivity contribution in [2.75, 3.05) is 0 Å². The van der Waals surface area contributed by atoms with Crippen molar-refractivity contribution in [2.24, 2.45) is 5.92 Å². The number of fused-ring (bicyclic) bond motifs is 2. The summed E-state index contributed by atoms with van der Waals surface area (Å²) in [5.41, 5.74) is 17.9. The fraction of sp³-hybridized carbons (Fsp3) is 0.378. The van der Waals surface area contributed by atoms with Crippen molar-refractivity contribution < 1.29 is 17.4 Å². The molecule has 0 saturated heterocycles. The Balaban J connectivity index is 0.00000270. The molecule has 0 aromatic heterocycles. The molecule has 0 saturated carbocycles. The maximum atomic E-state index is 2.80. The fourth-order valence-electron chi connectivity index (χ4n) is 8.90. The quantitative estimate of drug-likeness (QED) is 0.156. The van der Waals surface area contributed by atoms with Crippen molar-refractivity contribution in [2.45, 2.75) is 96.1 Å². The van der Waals surface area contributed by atoms with Gasteiger partial charge >= 0.3 is 290 Å². The van der Waals surface area contributed by atoms with Crippen LogP contribution in [0, 0.1) is 5.92 Å². The van der Waals surface area contributed by atoms with Gasteiger partial charge in [0.05, 0.1) is 0 Å². The molecule has 3 atom stereocenters. The maximum absolute atomic E-state index is 3.71. The Morgan fingerprint density at radius 3 is 1.63 bits per heavy atom. The number of hydrogen-bond acceptors (Lipinski definition) is 0. The second-order valence-electron chi connectivity index (χ2n) is 17.1. The summed E-state index contributed by atoms with van der Waals surface area (Å²) in [6, 6.07) is 33.1. The van der Waals surface area contributed by atoms with Gasteiger partial charge in [-0.15, -0.1) is 24.8 Å². The largest absolute Gasteiger partial charge is 0.147 e. The summed E-state index contributed by atoms with van der Waals surface area (Å²) in [7, 11) is 0. The molecular weight excluding hydrogens is 731 g/mol. The number of benzene rings is 4.